The molecule has 1 spiro atoms. The molecule has 1 fully saturated rings. The van der Waals surface area contributed by atoms with Crippen LogP contribution < -0.4 is 16.4 Å². The minimum absolute atomic E-state index is 0.0304. The Hall–Kier alpha value is -3.63. The van der Waals surface area contributed by atoms with Gasteiger partial charge in [-0.05, 0) is 18.9 Å². The van der Waals surface area contributed by atoms with Gasteiger partial charge in [0.2, 0.25) is 5.95 Å². The second-order valence-electron chi connectivity index (χ2n) is 9.10. The van der Waals surface area contributed by atoms with Gasteiger partial charge in [0.05, 0.1) is 34.4 Å². The molecule has 0 unspecified atom stereocenters. The number of carboxylic acids is 1. The molecule has 1 atom stereocenters. The van der Waals surface area contributed by atoms with Crippen LogP contribution in [0.3, 0.4) is 0 Å². The van der Waals surface area contributed by atoms with Gasteiger partial charge >= 0.3 is 12.1 Å². The highest BCUT2D eigenvalue weighted by Crippen LogP contribution is 2.47. The third kappa shape index (κ3) is 5.06. The number of aliphatic carboxylic acids is 1. The number of carboxylic acid groups (broad SMARTS) is 1. The smallest absolute Gasteiger partial charge is 0.475 e. The third-order valence-corrected chi connectivity index (χ3v) is 8.43. The molecule has 0 aliphatic carbocycles. The van der Waals surface area contributed by atoms with Crippen LogP contribution in [0.5, 0.6) is 0 Å². The van der Waals surface area contributed by atoms with Crippen molar-refractivity contribution in [3.05, 3.63) is 47.8 Å². The highest BCUT2D eigenvalue weighted by Gasteiger charge is 2.47. The fraction of sp³-hybridized carbons (Fsp3) is 0.364. The van der Waals surface area contributed by atoms with Crippen LogP contribution in [0.4, 0.5) is 24.9 Å². The minimum atomic E-state index is -5.08. The van der Waals surface area contributed by atoms with Gasteiger partial charge < -0.3 is 21.5 Å². The zero-order valence-corrected chi connectivity index (χ0v) is 21.7. The number of carbonyl (C=O) groups is 1. The lowest BCUT2D eigenvalue weighted by atomic mass is 9.74. The van der Waals surface area contributed by atoms with E-state index in [1.54, 1.807) is 18.6 Å². The van der Waals surface area contributed by atoms with Crippen LogP contribution in [-0.2, 0) is 11.3 Å². The molecule has 0 bridgehead atoms. The van der Waals surface area contributed by atoms with Crippen LogP contribution >= 0.6 is 23.4 Å². The first kappa shape index (κ1) is 27.0. The SMILES string of the molecule is Nc1nccc(Sc2cnc(N3CCC4(CC3)Cn3nncc3[C@H]4N)n3ccnc23)c1Cl.O=C(O)C(F)(F)F. The number of hydrogen-bond acceptors (Lipinski definition) is 10. The van der Waals surface area contributed by atoms with Crippen LogP contribution in [0, 0.1) is 5.41 Å². The Morgan fingerprint density at radius 1 is 1.15 bits per heavy atom. The van der Waals surface area contributed by atoms with E-state index in [1.165, 1.54) is 11.8 Å². The summed E-state index contributed by atoms with van der Waals surface area (Å²) in [6, 6.07) is 1.81. The molecule has 17 heteroatoms. The van der Waals surface area contributed by atoms with Gasteiger partial charge in [-0.2, -0.15) is 13.2 Å². The van der Waals surface area contributed by atoms with E-state index in [2.05, 4.69) is 25.2 Å². The normalized spacial score (nSPS) is 18.2. The largest absolute Gasteiger partial charge is 0.490 e. The van der Waals surface area contributed by atoms with Crippen molar-refractivity contribution in [3.8, 4) is 0 Å². The van der Waals surface area contributed by atoms with Crippen LogP contribution in [0.25, 0.3) is 5.65 Å². The molecule has 4 aromatic heterocycles. The number of aromatic nitrogens is 7. The standard InChI is InChI=1S/C20H21ClN10S.C2HF3O2/c21-15-13(1-4-24-17(15)23)32-14-10-26-19(30-8-5-25-18(14)30)29-6-2-20(3-7-29)11-31-12(16(20)22)9-27-28-31;3-2(4,5)1(6)7/h1,4-5,8-10,16H,2-3,6-7,11,22H2,(H2,23,24);(H,6,7)/t16-;/m1./s1. The van der Waals surface area contributed by atoms with Crippen molar-refractivity contribution in [2.45, 2.75) is 41.4 Å². The van der Waals surface area contributed by atoms with Gasteiger partial charge in [0.15, 0.2) is 5.65 Å². The summed E-state index contributed by atoms with van der Waals surface area (Å²) in [5, 5.41) is 15.7. The molecule has 2 aliphatic rings. The number of rotatable bonds is 3. The van der Waals surface area contributed by atoms with E-state index in [9.17, 15) is 13.2 Å². The number of anilines is 2. The Labute approximate surface area is 228 Å². The first-order valence-electron chi connectivity index (χ1n) is 11.6. The highest BCUT2D eigenvalue weighted by atomic mass is 35.5. The quantitative estimate of drug-likeness (QED) is 0.325. The second kappa shape index (κ2) is 10.2. The molecule has 5 N–H and O–H groups in total. The van der Waals surface area contributed by atoms with Crippen LogP contribution in [0.1, 0.15) is 24.6 Å². The van der Waals surface area contributed by atoms with Crippen molar-refractivity contribution in [3.63, 3.8) is 0 Å². The van der Waals surface area contributed by atoms with Gasteiger partial charge in [0.1, 0.15) is 5.82 Å². The van der Waals surface area contributed by atoms with Gasteiger partial charge in [0, 0.05) is 48.2 Å². The molecule has 206 valence electrons. The predicted molar refractivity (Wildman–Crippen MR) is 135 cm³/mol. The van der Waals surface area contributed by atoms with Gasteiger partial charge in [-0.1, -0.05) is 28.6 Å². The molecule has 12 nitrogen and oxygen atoms in total. The first-order chi connectivity index (χ1) is 18.5. The number of nitrogens with two attached hydrogens (primary N) is 2. The number of pyridine rings is 1. The summed E-state index contributed by atoms with van der Waals surface area (Å²) in [6.45, 7) is 2.56. The molecule has 1 saturated heterocycles. The van der Waals surface area contributed by atoms with Gasteiger partial charge in [-0.3, -0.25) is 4.40 Å². The molecule has 6 rings (SSSR count). The van der Waals surface area contributed by atoms with E-state index in [0.717, 1.165) is 59.6 Å². The van der Waals surface area contributed by atoms with Crippen molar-refractivity contribution < 1.29 is 23.1 Å². The predicted octanol–water partition coefficient (Wildman–Crippen LogP) is 3.04. The summed E-state index contributed by atoms with van der Waals surface area (Å²) >= 11 is 7.81. The van der Waals surface area contributed by atoms with E-state index in [-0.39, 0.29) is 11.5 Å². The number of alkyl halides is 3. The van der Waals surface area contributed by atoms with E-state index >= 15 is 0 Å². The van der Waals surface area contributed by atoms with Crippen molar-refractivity contribution in [1.29, 1.82) is 0 Å². The van der Waals surface area contributed by atoms with Crippen LogP contribution in [-0.4, -0.2) is 64.7 Å². The Kier molecular flexibility index (Phi) is 7.02. The monoisotopic (exact) mass is 582 g/mol. The topological polar surface area (TPSA) is 166 Å². The summed E-state index contributed by atoms with van der Waals surface area (Å²) in [5.74, 6) is -1.57. The number of piperidine rings is 1. The van der Waals surface area contributed by atoms with E-state index in [0.29, 0.717) is 10.8 Å². The summed E-state index contributed by atoms with van der Waals surface area (Å²) < 4.78 is 35.7. The average molecular weight is 583 g/mol. The van der Waals surface area contributed by atoms with E-state index in [1.807, 2.05) is 27.5 Å². The molecular formula is C22H22ClF3N10O2S. The molecule has 0 saturated carbocycles. The zero-order chi connectivity index (χ0) is 27.9. The van der Waals surface area contributed by atoms with Gasteiger partial charge in [-0.15, -0.1) is 5.10 Å². The third-order valence-electron chi connectivity index (χ3n) is 6.85. The number of nitrogens with zero attached hydrogens (tertiary/aromatic N) is 8. The minimum Gasteiger partial charge on any atom is -0.475 e. The summed E-state index contributed by atoms with van der Waals surface area (Å²) in [6.07, 6.45) is 5.88. The summed E-state index contributed by atoms with van der Waals surface area (Å²) in [7, 11) is 0. The number of nitrogen functional groups attached to an aromatic ring is 1. The first-order valence-corrected chi connectivity index (χ1v) is 12.8. The maximum atomic E-state index is 10.6. The maximum absolute atomic E-state index is 10.6. The molecule has 0 radical (unpaired) electrons. The molecule has 39 heavy (non-hydrogen) atoms. The van der Waals surface area contributed by atoms with Crippen molar-refractivity contribution in [2.75, 3.05) is 23.7 Å². The Balaban J connectivity index is 0.000000392. The summed E-state index contributed by atoms with van der Waals surface area (Å²) in [4.78, 5) is 26.3. The molecule has 6 heterocycles. The van der Waals surface area contributed by atoms with Gasteiger partial charge in [-0.25, -0.2) is 24.4 Å². The van der Waals surface area contributed by atoms with E-state index < -0.39 is 12.1 Å². The fourth-order valence-corrected chi connectivity index (χ4v) is 5.92. The lowest BCUT2D eigenvalue weighted by Crippen LogP contribution is -2.45. The Bertz CT molecular complexity index is 1520. The van der Waals surface area contributed by atoms with Crippen molar-refractivity contribution >= 4 is 46.7 Å². The van der Waals surface area contributed by atoms with Crippen molar-refractivity contribution in [1.82, 2.24) is 34.3 Å². The Morgan fingerprint density at radius 3 is 2.54 bits per heavy atom. The lowest BCUT2D eigenvalue weighted by Gasteiger charge is -2.41. The fourth-order valence-electron chi connectivity index (χ4n) is 4.79. The number of halogens is 4. The molecule has 0 amide bonds. The number of hydrogen-bond donors (Lipinski definition) is 3. The Morgan fingerprint density at radius 2 is 1.87 bits per heavy atom. The van der Waals surface area contributed by atoms with Crippen LogP contribution in [0.15, 0.2) is 46.8 Å². The average Bonchev–Trinajstić information content (AvgIpc) is 3.61. The maximum Gasteiger partial charge on any atom is 0.490 e. The summed E-state index contributed by atoms with van der Waals surface area (Å²) in [5.41, 5.74) is 14.3. The molecule has 0 aromatic carbocycles. The molecule has 4 aromatic rings. The molecular weight excluding hydrogens is 561 g/mol. The number of fused-ring (bicyclic) bond motifs is 2. The number of imidazole rings is 1. The lowest BCUT2D eigenvalue weighted by molar-refractivity contribution is -0.192. The molecule has 2 aliphatic heterocycles. The van der Waals surface area contributed by atoms with Crippen LogP contribution in [0.2, 0.25) is 5.02 Å². The van der Waals surface area contributed by atoms with E-state index in [4.69, 9.17) is 38.0 Å². The second-order valence-corrected chi connectivity index (χ2v) is 10.6. The zero-order valence-electron chi connectivity index (χ0n) is 20.1. The van der Waals surface area contributed by atoms with Gasteiger partial charge in [0.25, 0.3) is 0 Å². The van der Waals surface area contributed by atoms with Crippen molar-refractivity contribution in [2.24, 2.45) is 11.1 Å². The highest BCUT2D eigenvalue weighted by molar-refractivity contribution is 7.99.